The third kappa shape index (κ3) is 2.45. The van der Waals surface area contributed by atoms with Crippen molar-refractivity contribution in [1.29, 1.82) is 0 Å². The molecule has 5 heteroatoms. The Morgan fingerprint density at radius 2 is 2.00 bits per heavy atom. The van der Waals surface area contributed by atoms with Gasteiger partial charge in [-0.1, -0.05) is 19.9 Å². The predicted molar refractivity (Wildman–Crippen MR) is 71.4 cm³/mol. The maximum Gasteiger partial charge on any atom is 0.356 e. The van der Waals surface area contributed by atoms with Gasteiger partial charge in [-0.05, 0) is 29.7 Å². The highest BCUT2D eigenvalue weighted by Gasteiger charge is 2.15. The predicted octanol–water partition coefficient (Wildman–Crippen LogP) is 2.61. The van der Waals surface area contributed by atoms with Gasteiger partial charge in [-0.25, -0.2) is 4.79 Å². The first-order chi connectivity index (χ1) is 8.90. The molecule has 1 aromatic carbocycles. The van der Waals surface area contributed by atoms with Gasteiger partial charge in [0.2, 0.25) is 0 Å². The van der Waals surface area contributed by atoms with E-state index in [0.717, 1.165) is 5.56 Å². The Morgan fingerprint density at radius 3 is 2.47 bits per heavy atom. The Labute approximate surface area is 111 Å². The molecular weight excluding hydrogens is 244 g/mol. The number of carbonyl (C=O) groups is 1. The maximum absolute atomic E-state index is 10.9. The number of aryl methyl sites for hydroxylation is 1. The highest BCUT2D eigenvalue weighted by molar-refractivity contribution is 5.87. The van der Waals surface area contributed by atoms with Crippen LogP contribution in [0.15, 0.2) is 24.3 Å². The summed E-state index contributed by atoms with van der Waals surface area (Å²) in [4.78, 5) is 10.9. The highest BCUT2D eigenvalue weighted by atomic mass is 16.4. The minimum atomic E-state index is -1.08. The van der Waals surface area contributed by atoms with Crippen molar-refractivity contribution in [2.24, 2.45) is 7.05 Å². The summed E-state index contributed by atoms with van der Waals surface area (Å²) in [6.07, 6.45) is 0. The summed E-state index contributed by atoms with van der Waals surface area (Å²) in [5, 5.41) is 22.9. The van der Waals surface area contributed by atoms with Gasteiger partial charge in [-0.15, -0.1) is 0 Å². The SMILES string of the molecule is CC(C)c1ccc(-c2cc(C(=O)O)nn2C)c(O)c1. The van der Waals surface area contributed by atoms with E-state index in [4.69, 9.17) is 5.11 Å². The van der Waals surface area contributed by atoms with E-state index in [1.54, 1.807) is 19.2 Å². The lowest BCUT2D eigenvalue weighted by Gasteiger charge is -2.09. The highest BCUT2D eigenvalue weighted by Crippen LogP contribution is 2.32. The minimum Gasteiger partial charge on any atom is -0.507 e. The lowest BCUT2D eigenvalue weighted by molar-refractivity contribution is 0.0689. The third-order valence-corrected chi connectivity index (χ3v) is 3.06. The van der Waals surface area contributed by atoms with Crippen molar-refractivity contribution < 1.29 is 15.0 Å². The molecule has 0 saturated carbocycles. The van der Waals surface area contributed by atoms with Crippen LogP contribution in [-0.4, -0.2) is 26.0 Å². The number of phenolic OH excluding ortho intramolecular Hbond substituents is 1. The molecule has 0 atom stereocenters. The molecule has 0 aliphatic carbocycles. The van der Waals surface area contributed by atoms with Gasteiger partial charge in [0.25, 0.3) is 0 Å². The number of aromatic nitrogens is 2. The van der Waals surface area contributed by atoms with Gasteiger partial charge < -0.3 is 10.2 Å². The molecule has 1 aromatic heterocycles. The first-order valence-corrected chi connectivity index (χ1v) is 6.00. The molecule has 0 saturated heterocycles. The fourth-order valence-electron chi connectivity index (χ4n) is 1.95. The van der Waals surface area contributed by atoms with Crippen molar-refractivity contribution in [3.63, 3.8) is 0 Å². The molecule has 0 bridgehead atoms. The number of nitrogens with zero attached hydrogens (tertiary/aromatic N) is 2. The van der Waals surface area contributed by atoms with Crippen LogP contribution < -0.4 is 0 Å². The number of benzene rings is 1. The topological polar surface area (TPSA) is 75.3 Å². The molecule has 0 unspecified atom stereocenters. The number of carboxylic acids is 1. The van der Waals surface area contributed by atoms with Crippen LogP contribution in [0.25, 0.3) is 11.3 Å². The van der Waals surface area contributed by atoms with E-state index in [-0.39, 0.29) is 11.4 Å². The lowest BCUT2D eigenvalue weighted by atomic mass is 10.00. The summed E-state index contributed by atoms with van der Waals surface area (Å²) in [7, 11) is 1.65. The van der Waals surface area contributed by atoms with Gasteiger partial charge in [0, 0.05) is 12.6 Å². The summed E-state index contributed by atoms with van der Waals surface area (Å²) < 4.78 is 1.45. The molecule has 0 fully saturated rings. The number of carboxylic acid groups (broad SMARTS) is 1. The Morgan fingerprint density at radius 1 is 1.32 bits per heavy atom. The van der Waals surface area contributed by atoms with E-state index in [0.29, 0.717) is 17.2 Å². The zero-order valence-electron chi connectivity index (χ0n) is 11.1. The molecule has 1 heterocycles. The van der Waals surface area contributed by atoms with Crippen molar-refractivity contribution in [2.45, 2.75) is 19.8 Å². The standard InChI is InChI=1S/C14H16N2O3/c1-8(2)9-4-5-10(13(17)6-9)12-7-11(14(18)19)15-16(12)3/h4-8,17H,1-3H3,(H,18,19). The van der Waals surface area contributed by atoms with Gasteiger partial charge in [0.05, 0.1) is 5.69 Å². The smallest absolute Gasteiger partial charge is 0.356 e. The molecule has 0 radical (unpaired) electrons. The second-order valence-corrected chi connectivity index (χ2v) is 4.77. The molecule has 2 rings (SSSR count). The van der Waals surface area contributed by atoms with Crippen molar-refractivity contribution in [1.82, 2.24) is 9.78 Å². The van der Waals surface area contributed by atoms with E-state index in [1.165, 1.54) is 10.7 Å². The van der Waals surface area contributed by atoms with Crippen LogP contribution in [0.2, 0.25) is 0 Å². The number of hydrogen-bond acceptors (Lipinski definition) is 3. The van der Waals surface area contributed by atoms with E-state index in [9.17, 15) is 9.90 Å². The first kappa shape index (κ1) is 13.1. The number of phenols is 1. The quantitative estimate of drug-likeness (QED) is 0.889. The summed E-state index contributed by atoms with van der Waals surface area (Å²) in [5.74, 6) is -0.632. The van der Waals surface area contributed by atoms with E-state index in [1.807, 2.05) is 19.9 Å². The van der Waals surface area contributed by atoms with Gasteiger partial charge >= 0.3 is 5.97 Å². The van der Waals surface area contributed by atoms with Crippen LogP contribution in [0.3, 0.4) is 0 Å². The largest absolute Gasteiger partial charge is 0.507 e. The van der Waals surface area contributed by atoms with E-state index < -0.39 is 5.97 Å². The monoisotopic (exact) mass is 260 g/mol. The molecule has 5 nitrogen and oxygen atoms in total. The maximum atomic E-state index is 10.9. The van der Waals surface area contributed by atoms with Crippen molar-refractivity contribution in [2.75, 3.05) is 0 Å². The minimum absolute atomic E-state index is 0.0372. The Kier molecular flexibility index (Phi) is 3.29. The normalized spacial score (nSPS) is 10.9. The molecule has 100 valence electrons. The van der Waals surface area contributed by atoms with Crippen LogP contribution in [-0.2, 0) is 7.05 Å². The Hall–Kier alpha value is -2.30. The Bertz CT molecular complexity index is 630. The summed E-state index contributed by atoms with van der Waals surface area (Å²) >= 11 is 0. The van der Waals surface area contributed by atoms with Gasteiger partial charge in [0.15, 0.2) is 5.69 Å². The number of aromatic hydroxyl groups is 1. The number of aromatic carboxylic acids is 1. The number of hydrogen-bond donors (Lipinski definition) is 2. The average Bonchev–Trinajstić information content (AvgIpc) is 2.71. The van der Waals surface area contributed by atoms with Crippen LogP contribution >= 0.6 is 0 Å². The number of rotatable bonds is 3. The molecule has 0 aliphatic heterocycles. The molecule has 2 aromatic rings. The summed E-state index contributed by atoms with van der Waals surface area (Å²) in [6.45, 7) is 4.09. The molecule has 2 N–H and O–H groups in total. The van der Waals surface area contributed by atoms with Gasteiger partial charge in [-0.3, -0.25) is 4.68 Å². The second kappa shape index (κ2) is 4.76. The second-order valence-electron chi connectivity index (χ2n) is 4.77. The molecule has 0 amide bonds. The molecule has 19 heavy (non-hydrogen) atoms. The molecular formula is C14H16N2O3. The van der Waals surface area contributed by atoms with E-state index in [2.05, 4.69) is 5.10 Å². The van der Waals surface area contributed by atoms with Crippen LogP contribution in [0.1, 0.15) is 35.8 Å². The summed E-state index contributed by atoms with van der Waals surface area (Å²) in [6, 6.07) is 6.86. The van der Waals surface area contributed by atoms with Crippen molar-refractivity contribution >= 4 is 5.97 Å². The van der Waals surface area contributed by atoms with Crippen LogP contribution in [0.4, 0.5) is 0 Å². The fourth-order valence-corrected chi connectivity index (χ4v) is 1.95. The fraction of sp³-hybridized carbons (Fsp3) is 0.286. The van der Waals surface area contributed by atoms with Crippen LogP contribution in [0.5, 0.6) is 5.75 Å². The van der Waals surface area contributed by atoms with Gasteiger partial charge in [0.1, 0.15) is 5.75 Å². The first-order valence-electron chi connectivity index (χ1n) is 6.00. The van der Waals surface area contributed by atoms with E-state index >= 15 is 0 Å². The summed E-state index contributed by atoms with van der Waals surface area (Å²) in [5.41, 5.74) is 2.14. The van der Waals surface area contributed by atoms with Crippen LogP contribution in [0, 0.1) is 0 Å². The molecule has 0 spiro atoms. The van der Waals surface area contributed by atoms with Crippen molar-refractivity contribution in [3.05, 3.63) is 35.5 Å². The van der Waals surface area contributed by atoms with Crippen molar-refractivity contribution in [3.8, 4) is 17.0 Å². The third-order valence-electron chi connectivity index (χ3n) is 3.06. The Balaban J connectivity index is 2.50. The lowest BCUT2D eigenvalue weighted by Crippen LogP contribution is -1.99. The zero-order chi connectivity index (χ0) is 14.2. The zero-order valence-corrected chi connectivity index (χ0v) is 11.1. The average molecular weight is 260 g/mol. The molecule has 0 aliphatic rings. The van der Waals surface area contributed by atoms with Gasteiger partial charge in [-0.2, -0.15) is 5.10 Å².